The molecule has 4 heterocycles. The zero-order valence-corrected chi connectivity index (χ0v) is 33.2. The van der Waals surface area contributed by atoms with Crippen LogP contribution in [0.3, 0.4) is 0 Å². The van der Waals surface area contributed by atoms with E-state index < -0.39 is 0 Å². The van der Waals surface area contributed by atoms with Gasteiger partial charge in [0, 0.05) is 54.1 Å². The predicted octanol–water partition coefficient (Wildman–Crippen LogP) is 12.2. The Morgan fingerprint density at radius 2 is 0.946 bits per heavy atom. The second kappa shape index (κ2) is 11.5. The van der Waals surface area contributed by atoms with Gasteiger partial charge in [0.25, 0.3) is 6.71 Å². The lowest BCUT2D eigenvalue weighted by molar-refractivity contribution is 0.394. The highest BCUT2D eigenvalue weighted by atomic mass is 32.2. The highest BCUT2D eigenvalue weighted by Crippen LogP contribution is 2.57. The smallest absolute Gasteiger partial charge is 0.260 e. The molecule has 0 N–H and O–H groups in total. The molecule has 270 valence electrons. The highest BCUT2D eigenvalue weighted by Gasteiger charge is 2.50. The fraction of sp³-hybridized carbons (Fsp3) is 0.143. The van der Waals surface area contributed by atoms with Crippen LogP contribution in [0.1, 0.15) is 45.2 Å². The average Bonchev–Trinajstić information content (AvgIpc) is 3.40. The second-order valence-electron chi connectivity index (χ2n) is 16.8. The summed E-state index contributed by atoms with van der Waals surface area (Å²) >= 11 is 3.66. The van der Waals surface area contributed by atoms with Crippen LogP contribution in [0.25, 0.3) is 0 Å². The van der Waals surface area contributed by atoms with Crippen LogP contribution >= 0.6 is 23.5 Å². The van der Waals surface area contributed by atoms with Crippen molar-refractivity contribution in [3.8, 4) is 23.0 Å². The normalized spacial score (nSPS) is 16.8. The Balaban J connectivity index is 1.06. The third-order valence-electron chi connectivity index (χ3n) is 12.3. The molecule has 5 aliphatic rings. The topological polar surface area (TPSA) is 24.9 Å². The monoisotopic (exact) mass is 760 g/mol. The first-order valence-electron chi connectivity index (χ1n) is 19.4. The molecule has 4 nitrogen and oxygen atoms in total. The molecule has 0 saturated heterocycles. The Hall–Kier alpha value is -5.50. The summed E-state index contributed by atoms with van der Waals surface area (Å²) in [6, 6.07) is 50.8. The third kappa shape index (κ3) is 4.59. The number of hydrogen-bond acceptors (Lipinski definition) is 6. The molecule has 0 bridgehead atoms. The quantitative estimate of drug-likeness (QED) is 0.163. The summed E-state index contributed by atoms with van der Waals surface area (Å²) in [6.07, 6.45) is 1.04. The molecule has 0 fully saturated rings. The first-order chi connectivity index (χ1) is 27.2. The molecule has 4 aliphatic heterocycles. The number of rotatable bonds is 2. The lowest BCUT2D eigenvalue weighted by atomic mass is 9.34. The van der Waals surface area contributed by atoms with Crippen molar-refractivity contribution in [2.75, 3.05) is 9.80 Å². The maximum absolute atomic E-state index is 7.29. The van der Waals surface area contributed by atoms with Gasteiger partial charge in [-0.05, 0) is 100 Å². The van der Waals surface area contributed by atoms with Gasteiger partial charge in [0.15, 0.2) is 0 Å². The molecule has 0 spiro atoms. The zero-order valence-electron chi connectivity index (χ0n) is 31.6. The molecule has 12 rings (SSSR count). The molecule has 1 aliphatic carbocycles. The number of benzene rings is 7. The van der Waals surface area contributed by atoms with Gasteiger partial charge in [-0.15, -0.1) is 0 Å². The Kier molecular flexibility index (Phi) is 6.74. The van der Waals surface area contributed by atoms with Crippen LogP contribution < -0.4 is 35.7 Å². The van der Waals surface area contributed by atoms with E-state index in [1.807, 2.05) is 23.5 Å². The van der Waals surface area contributed by atoms with Crippen molar-refractivity contribution in [3.63, 3.8) is 0 Å². The Labute approximate surface area is 336 Å². The maximum Gasteiger partial charge on any atom is 0.260 e. The molecule has 0 amide bonds. The molecule has 0 saturated carbocycles. The van der Waals surface area contributed by atoms with E-state index in [2.05, 4.69) is 177 Å². The summed E-state index contributed by atoms with van der Waals surface area (Å²) in [6.45, 7) is 9.45. The van der Waals surface area contributed by atoms with E-state index in [9.17, 15) is 0 Å². The molecule has 7 heteroatoms. The van der Waals surface area contributed by atoms with Gasteiger partial charge in [0.05, 0.1) is 22.7 Å². The molecule has 0 unspecified atom stereocenters. The van der Waals surface area contributed by atoms with Gasteiger partial charge in [-0.25, -0.2) is 0 Å². The summed E-state index contributed by atoms with van der Waals surface area (Å²) in [5.41, 5.74) is 12.9. The Morgan fingerprint density at radius 3 is 1.43 bits per heavy atom. The van der Waals surface area contributed by atoms with Crippen molar-refractivity contribution in [2.45, 2.75) is 64.5 Å². The fourth-order valence-corrected chi connectivity index (χ4v) is 12.4. The van der Waals surface area contributed by atoms with Crippen LogP contribution in [0.5, 0.6) is 23.0 Å². The van der Waals surface area contributed by atoms with E-state index in [4.69, 9.17) is 9.47 Å². The first-order valence-corrected chi connectivity index (χ1v) is 21.0. The fourth-order valence-electron chi connectivity index (χ4n) is 10.3. The van der Waals surface area contributed by atoms with Crippen molar-refractivity contribution in [1.29, 1.82) is 0 Å². The summed E-state index contributed by atoms with van der Waals surface area (Å²) in [5, 5.41) is 0. The van der Waals surface area contributed by atoms with E-state index in [1.54, 1.807) is 0 Å². The molecule has 7 aromatic carbocycles. The molecule has 7 aromatic rings. The van der Waals surface area contributed by atoms with Gasteiger partial charge in [0.2, 0.25) is 0 Å². The standard InChI is InChI=1S/C49H37BN2O2S2/c1-48(2)28-49(3,4)45-31(48)27-40-46-47(45)54-39-26-30(52-36-15-7-11-19-43(36)56-44-20-12-8-16-37(44)52)22-24-33(39)50(46)32-23-21-29(25-38(32)53-40)51-34-13-5-9-17-41(34)55-42-18-10-6-14-35(42)51/h5-27H,28H2,1-4H3. The van der Waals surface area contributed by atoms with E-state index in [0.29, 0.717) is 0 Å². The van der Waals surface area contributed by atoms with Crippen LogP contribution in [-0.2, 0) is 10.8 Å². The van der Waals surface area contributed by atoms with Gasteiger partial charge in [-0.3, -0.25) is 0 Å². The van der Waals surface area contributed by atoms with Crippen LogP contribution in [0.15, 0.2) is 159 Å². The molecular formula is C49H37BN2O2S2. The van der Waals surface area contributed by atoms with Crippen LogP contribution in [-0.4, -0.2) is 6.71 Å². The molecule has 0 radical (unpaired) electrons. The van der Waals surface area contributed by atoms with Crippen LogP contribution in [0.2, 0.25) is 0 Å². The number of para-hydroxylation sites is 4. The van der Waals surface area contributed by atoms with Gasteiger partial charge < -0.3 is 19.3 Å². The van der Waals surface area contributed by atoms with Crippen molar-refractivity contribution in [2.24, 2.45) is 0 Å². The van der Waals surface area contributed by atoms with Gasteiger partial charge in [0.1, 0.15) is 23.0 Å². The van der Waals surface area contributed by atoms with Gasteiger partial charge in [-0.2, -0.15) is 0 Å². The summed E-state index contributed by atoms with van der Waals surface area (Å²) in [7, 11) is 0. The molecule has 0 aromatic heterocycles. The van der Waals surface area contributed by atoms with Crippen molar-refractivity contribution < 1.29 is 9.47 Å². The minimum atomic E-state index is -0.0674. The largest absolute Gasteiger partial charge is 0.458 e. The van der Waals surface area contributed by atoms with E-state index >= 15 is 0 Å². The van der Waals surface area contributed by atoms with E-state index in [-0.39, 0.29) is 17.5 Å². The summed E-state index contributed by atoms with van der Waals surface area (Å²) in [4.78, 5) is 9.75. The second-order valence-corrected chi connectivity index (χ2v) is 19.0. The highest BCUT2D eigenvalue weighted by molar-refractivity contribution is 8.00. The minimum Gasteiger partial charge on any atom is -0.458 e. The van der Waals surface area contributed by atoms with Gasteiger partial charge in [-0.1, -0.05) is 112 Å². The Morgan fingerprint density at radius 1 is 0.500 bits per heavy atom. The van der Waals surface area contributed by atoms with E-state index in [0.717, 1.165) is 57.2 Å². The summed E-state index contributed by atoms with van der Waals surface area (Å²) < 4.78 is 14.4. The number of nitrogens with zero attached hydrogens (tertiary/aromatic N) is 2. The molecular weight excluding hydrogens is 723 g/mol. The SMILES string of the molecule is CC1(C)CC(C)(C)c2c1cc1c3c2Oc2cc(N4c5ccccc5Sc5ccccc54)ccc2B3c2ccc(N3c4ccccc4Sc4ccccc43)cc2O1. The lowest BCUT2D eigenvalue weighted by Crippen LogP contribution is -2.57. The van der Waals surface area contributed by atoms with Crippen molar-refractivity contribution >= 4 is 80.7 Å². The van der Waals surface area contributed by atoms with Crippen LogP contribution in [0, 0.1) is 0 Å². The number of fused-ring (bicyclic) bond motifs is 10. The van der Waals surface area contributed by atoms with Crippen molar-refractivity contribution in [1.82, 2.24) is 0 Å². The minimum absolute atomic E-state index is 0.0331. The average molecular weight is 761 g/mol. The Bertz CT molecular complexity index is 2750. The number of ether oxygens (including phenoxy) is 2. The zero-order chi connectivity index (χ0) is 37.5. The molecule has 56 heavy (non-hydrogen) atoms. The van der Waals surface area contributed by atoms with E-state index in [1.165, 1.54) is 53.5 Å². The number of hydrogen-bond donors (Lipinski definition) is 0. The summed E-state index contributed by atoms with van der Waals surface area (Å²) in [5.74, 6) is 3.67. The first kappa shape index (κ1) is 32.7. The van der Waals surface area contributed by atoms with Gasteiger partial charge >= 0.3 is 0 Å². The lowest BCUT2D eigenvalue weighted by Gasteiger charge is -2.38. The third-order valence-corrected chi connectivity index (χ3v) is 14.6. The molecule has 0 atom stereocenters. The maximum atomic E-state index is 7.29. The predicted molar refractivity (Wildman–Crippen MR) is 232 cm³/mol. The van der Waals surface area contributed by atoms with Crippen molar-refractivity contribution in [3.05, 3.63) is 151 Å². The van der Waals surface area contributed by atoms with Crippen LogP contribution in [0.4, 0.5) is 34.1 Å². The number of anilines is 6.